The van der Waals surface area contributed by atoms with Crippen molar-refractivity contribution in [1.29, 1.82) is 0 Å². The van der Waals surface area contributed by atoms with E-state index in [1.807, 2.05) is 26.8 Å². The van der Waals surface area contributed by atoms with Gasteiger partial charge in [-0.25, -0.2) is 0 Å². The van der Waals surface area contributed by atoms with Crippen LogP contribution in [0.2, 0.25) is 0 Å². The molecule has 1 unspecified atom stereocenters. The molecule has 102 valence electrons. The molecule has 1 saturated heterocycles. The van der Waals surface area contributed by atoms with Crippen LogP contribution in [0.1, 0.15) is 40.0 Å². The molecular formula is C14H22O4. The predicted molar refractivity (Wildman–Crippen MR) is 67.0 cm³/mol. The van der Waals surface area contributed by atoms with E-state index in [9.17, 15) is 4.79 Å². The maximum atomic E-state index is 11.7. The Morgan fingerprint density at radius 2 is 2.28 bits per heavy atom. The largest absolute Gasteiger partial charge is 0.462 e. The molecule has 2 aliphatic rings. The van der Waals surface area contributed by atoms with Gasteiger partial charge in [0.05, 0.1) is 12.0 Å². The Morgan fingerprint density at radius 3 is 2.89 bits per heavy atom. The van der Waals surface area contributed by atoms with Crippen LogP contribution in [-0.2, 0) is 19.0 Å². The topological polar surface area (TPSA) is 44.8 Å². The van der Waals surface area contributed by atoms with Crippen molar-refractivity contribution in [2.45, 2.75) is 51.9 Å². The highest BCUT2D eigenvalue weighted by Gasteiger charge is 2.39. The number of esters is 1. The second kappa shape index (κ2) is 5.02. The number of hydrogen-bond acceptors (Lipinski definition) is 4. The second-order valence-corrected chi connectivity index (χ2v) is 6.00. The van der Waals surface area contributed by atoms with Crippen molar-refractivity contribution >= 4 is 5.97 Å². The first-order chi connectivity index (χ1) is 8.41. The van der Waals surface area contributed by atoms with Crippen LogP contribution in [-0.4, -0.2) is 31.1 Å². The van der Waals surface area contributed by atoms with Gasteiger partial charge in [-0.1, -0.05) is 12.2 Å². The van der Waals surface area contributed by atoms with Gasteiger partial charge in [0.2, 0.25) is 0 Å². The van der Waals surface area contributed by atoms with Gasteiger partial charge in [0.25, 0.3) is 0 Å². The highest BCUT2D eigenvalue weighted by Crippen LogP contribution is 2.35. The lowest BCUT2D eigenvalue weighted by molar-refractivity contribution is -0.236. The van der Waals surface area contributed by atoms with E-state index < -0.39 is 11.2 Å². The van der Waals surface area contributed by atoms with Crippen molar-refractivity contribution in [1.82, 2.24) is 0 Å². The minimum Gasteiger partial charge on any atom is -0.462 e. The lowest BCUT2D eigenvalue weighted by Gasteiger charge is -2.34. The average Bonchev–Trinajstić information content (AvgIpc) is 2.73. The second-order valence-electron chi connectivity index (χ2n) is 6.00. The van der Waals surface area contributed by atoms with Gasteiger partial charge >= 0.3 is 5.97 Å². The third kappa shape index (κ3) is 3.12. The molecule has 0 bridgehead atoms. The summed E-state index contributed by atoms with van der Waals surface area (Å²) in [5.74, 6) is -0.667. The smallest absolute Gasteiger partial charge is 0.311 e. The number of carbonyl (C=O) groups is 1. The Balaban J connectivity index is 1.85. The summed E-state index contributed by atoms with van der Waals surface area (Å²) in [7, 11) is 0. The zero-order valence-electron chi connectivity index (χ0n) is 11.4. The summed E-state index contributed by atoms with van der Waals surface area (Å²) in [6, 6.07) is 0. The molecule has 1 fully saturated rings. The SMILES string of the molecule is CC(C)(C)C(=O)OC[C@@H]1C=CCC2(CCCO2)O1. The van der Waals surface area contributed by atoms with Gasteiger partial charge in [0.1, 0.15) is 12.7 Å². The monoisotopic (exact) mass is 254 g/mol. The third-order valence-corrected chi connectivity index (χ3v) is 3.20. The lowest BCUT2D eigenvalue weighted by atomic mass is 9.97. The number of rotatable bonds is 2. The quantitative estimate of drug-likeness (QED) is 0.561. The first-order valence-electron chi connectivity index (χ1n) is 6.57. The van der Waals surface area contributed by atoms with Crippen molar-refractivity contribution in [3.63, 3.8) is 0 Å². The molecule has 0 saturated carbocycles. The molecule has 0 aromatic heterocycles. The molecule has 0 aromatic carbocycles. The van der Waals surface area contributed by atoms with Gasteiger partial charge in [-0.2, -0.15) is 0 Å². The summed E-state index contributed by atoms with van der Waals surface area (Å²) in [5.41, 5.74) is -0.472. The highest BCUT2D eigenvalue weighted by molar-refractivity contribution is 5.75. The first kappa shape index (κ1) is 13.6. The molecule has 2 heterocycles. The van der Waals surface area contributed by atoms with Crippen LogP contribution in [0.25, 0.3) is 0 Å². The van der Waals surface area contributed by atoms with E-state index in [0.717, 1.165) is 25.9 Å². The third-order valence-electron chi connectivity index (χ3n) is 3.20. The normalized spacial score (nSPS) is 31.8. The Hall–Kier alpha value is -0.870. The molecule has 0 amide bonds. The minimum absolute atomic E-state index is 0.192. The Bertz CT molecular complexity index is 334. The molecular weight excluding hydrogens is 232 g/mol. The van der Waals surface area contributed by atoms with Crippen LogP contribution in [0, 0.1) is 5.41 Å². The van der Waals surface area contributed by atoms with Gasteiger partial charge in [-0.15, -0.1) is 0 Å². The van der Waals surface area contributed by atoms with E-state index in [0.29, 0.717) is 0 Å². The first-order valence-corrected chi connectivity index (χ1v) is 6.57. The highest BCUT2D eigenvalue weighted by atomic mass is 16.7. The zero-order valence-corrected chi connectivity index (χ0v) is 11.4. The molecule has 4 heteroatoms. The average molecular weight is 254 g/mol. The van der Waals surface area contributed by atoms with Crippen LogP contribution >= 0.6 is 0 Å². The molecule has 0 radical (unpaired) electrons. The van der Waals surface area contributed by atoms with Crippen molar-refractivity contribution < 1.29 is 19.0 Å². The Labute approximate surface area is 108 Å². The molecule has 2 aliphatic heterocycles. The van der Waals surface area contributed by atoms with E-state index in [-0.39, 0.29) is 18.7 Å². The van der Waals surface area contributed by atoms with E-state index in [4.69, 9.17) is 14.2 Å². The minimum atomic E-state index is -0.472. The van der Waals surface area contributed by atoms with E-state index in [1.165, 1.54) is 0 Å². The molecule has 2 rings (SSSR count). The maximum absolute atomic E-state index is 11.7. The molecule has 1 spiro atoms. The van der Waals surface area contributed by atoms with Crippen LogP contribution < -0.4 is 0 Å². The standard InChI is InChI=1S/C14H22O4/c1-13(2,3)12(15)16-10-11-6-4-7-14(18-11)8-5-9-17-14/h4,6,11H,5,7-10H2,1-3H3/t11-,14?/m0/s1. The molecule has 0 aromatic rings. The van der Waals surface area contributed by atoms with Crippen LogP contribution in [0.3, 0.4) is 0 Å². The van der Waals surface area contributed by atoms with Gasteiger partial charge < -0.3 is 14.2 Å². The predicted octanol–water partition coefficient (Wildman–Crippen LogP) is 2.43. The molecule has 2 atom stereocenters. The van der Waals surface area contributed by atoms with E-state index >= 15 is 0 Å². The van der Waals surface area contributed by atoms with Gasteiger partial charge in [0.15, 0.2) is 5.79 Å². The van der Waals surface area contributed by atoms with Crippen molar-refractivity contribution in [2.24, 2.45) is 5.41 Å². The molecule has 4 nitrogen and oxygen atoms in total. The van der Waals surface area contributed by atoms with Gasteiger partial charge in [-0.05, 0) is 27.2 Å². The number of hydrogen-bond donors (Lipinski definition) is 0. The summed E-state index contributed by atoms with van der Waals surface area (Å²) < 4.78 is 16.9. The van der Waals surface area contributed by atoms with Crippen molar-refractivity contribution in [3.05, 3.63) is 12.2 Å². The van der Waals surface area contributed by atoms with Gasteiger partial charge in [0, 0.05) is 12.8 Å². The summed E-state index contributed by atoms with van der Waals surface area (Å²) >= 11 is 0. The Morgan fingerprint density at radius 1 is 1.50 bits per heavy atom. The summed E-state index contributed by atoms with van der Waals surface area (Å²) in [5, 5.41) is 0. The van der Waals surface area contributed by atoms with E-state index in [1.54, 1.807) is 0 Å². The maximum Gasteiger partial charge on any atom is 0.311 e. The van der Waals surface area contributed by atoms with Crippen LogP contribution in [0.5, 0.6) is 0 Å². The summed E-state index contributed by atoms with van der Waals surface area (Å²) in [6.45, 7) is 6.54. The molecule has 0 N–H and O–H groups in total. The van der Waals surface area contributed by atoms with E-state index in [2.05, 4.69) is 6.08 Å². The number of carbonyl (C=O) groups excluding carboxylic acids is 1. The zero-order chi connectivity index (χ0) is 13.2. The lowest BCUT2D eigenvalue weighted by Crippen LogP contribution is -2.40. The Kier molecular flexibility index (Phi) is 3.78. The van der Waals surface area contributed by atoms with Crippen molar-refractivity contribution in [3.8, 4) is 0 Å². The van der Waals surface area contributed by atoms with Crippen LogP contribution in [0.4, 0.5) is 0 Å². The van der Waals surface area contributed by atoms with Crippen LogP contribution in [0.15, 0.2) is 12.2 Å². The van der Waals surface area contributed by atoms with Crippen molar-refractivity contribution in [2.75, 3.05) is 13.2 Å². The summed E-state index contributed by atoms with van der Waals surface area (Å²) in [4.78, 5) is 11.7. The fraction of sp³-hybridized carbons (Fsp3) is 0.786. The molecule has 0 aliphatic carbocycles. The fourth-order valence-corrected chi connectivity index (χ4v) is 2.15. The number of ether oxygens (including phenoxy) is 3. The summed E-state index contributed by atoms with van der Waals surface area (Å²) in [6.07, 6.45) is 6.55. The molecule has 18 heavy (non-hydrogen) atoms. The fourth-order valence-electron chi connectivity index (χ4n) is 2.15. The van der Waals surface area contributed by atoms with Gasteiger partial charge in [-0.3, -0.25) is 4.79 Å².